The van der Waals surface area contributed by atoms with Gasteiger partial charge >= 0.3 is 12.1 Å². The van der Waals surface area contributed by atoms with Crippen molar-refractivity contribution in [2.75, 3.05) is 31.9 Å². The highest BCUT2D eigenvalue weighted by atomic mass is 19.3. The lowest BCUT2D eigenvalue weighted by Crippen LogP contribution is -2.27. The average Bonchev–Trinajstić information content (AvgIpc) is 2.39. The molecular weight excluding hydrogens is 265 g/mol. The molecule has 0 fully saturated rings. The number of rotatable bonds is 5. The topological polar surface area (TPSA) is 73.6 Å². The fourth-order valence-corrected chi connectivity index (χ4v) is 1.34. The lowest BCUT2D eigenvalue weighted by Gasteiger charge is -2.18. The molecule has 0 aromatic heterocycles. The smallest absolute Gasteiger partial charge is 0.427 e. The molecular formula is C11H13F3N2O3. The minimum Gasteiger partial charge on any atom is -0.465 e. The van der Waals surface area contributed by atoms with Crippen LogP contribution in [0.2, 0.25) is 0 Å². The van der Waals surface area contributed by atoms with Gasteiger partial charge in [0, 0.05) is 7.05 Å². The predicted molar refractivity (Wildman–Crippen MR) is 63.3 cm³/mol. The molecule has 106 valence electrons. The van der Waals surface area contributed by atoms with E-state index < -0.39 is 24.5 Å². The van der Waals surface area contributed by atoms with Crippen LogP contribution in [0.1, 0.15) is 10.4 Å². The number of ether oxygens (including phenoxy) is 2. The van der Waals surface area contributed by atoms with Crippen LogP contribution in [0.25, 0.3) is 0 Å². The van der Waals surface area contributed by atoms with Crippen molar-refractivity contribution < 1.29 is 27.4 Å². The number of hydrogen-bond donors (Lipinski definition) is 2. The van der Waals surface area contributed by atoms with Crippen LogP contribution in [0.3, 0.4) is 0 Å². The van der Waals surface area contributed by atoms with E-state index in [9.17, 15) is 18.0 Å². The Morgan fingerprint density at radius 1 is 1.47 bits per heavy atom. The van der Waals surface area contributed by atoms with Gasteiger partial charge in [0.05, 0.1) is 24.0 Å². The van der Waals surface area contributed by atoms with Crippen molar-refractivity contribution in [3.63, 3.8) is 0 Å². The second-order valence-electron chi connectivity index (χ2n) is 3.55. The molecule has 0 aliphatic heterocycles. The van der Waals surface area contributed by atoms with Crippen LogP contribution in [0, 0.1) is 0 Å². The first kappa shape index (κ1) is 14.9. The van der Waals surface area contributed by atoms with Gasteiger partial charge in [-0.3, -0.25) is 0 Å². The molecule has 0 aliphatic carbocycles. The number of esters is 1. The Labute approximate surface area is 107 Å². The molecule has 0 unspecified atom stereocenters. The van der Waals surface area contributed by atoms with Gasteiger partial charge in [0.2, 0.25) is 0 Å². The Hall–Kier alpha value is -2.12. The van der Waals surface area contributed by atoms with E-state index in [-0.39, 0.29) is 16.9 Å². The quantitative estimate of drug-likeness (QED) is 0.637. The van der Waals surface area contributed by atoms with Crippen LogP contribution >= 0.6 is 0 Å². The summed E-state index contributed by atoms with van der Waals surface area (Å²) in [5.74, 6) is -1.26. The number of alkyl halides is 3. The van der Waals surface area contributed by atoms with E-state index >= 15 is 0 Å². The third-order valence-electron chi connectivity index (χ3n) is 2.25. The predicted octanol–water partition coefficient (Wildman–Crippen LogP) is 2.04. The minimum absolute atomic E-state index is 0.0503. The van der Waals surface area contributed by atoms with Crippen LogP contribution in [0.5, 0.6) is 5.75 Å². The maximum atomic E-state index is 12.9. The Bertz CT molecular complexity index is 480. The first-order valence-corrected chi connectivity index (χ1v) is 5.17. The Morgan fingerprint density at radius 2 is 2.11 bits per heavy atom. The van der Waals surface area contributed by atoms with Crippen LogP contribution in [0.4, 0.5) is 24.5 Å². The molecule has 0 heterocycles. The van der Waals surface area contributed by atoms with E-state index in [2.05, 4.69) is 14.8 Å². The van der Waals surface area contributed by atoms with Crippen molar-refractivity contribution >= 4 is 17.3 Å². The number of carbonyl (C=O) groups is 1. The van der Waals surface area contributed by atoms with Crippen LogP contribution < -0.4 is 15.8 Å². The van der Waals surface area contributed by atoms with Crippen molar-refractivity contribution in [2.24, 2.45) is 0 Å². The monoisotopic (exact) mass is 278 g/mol. The Kier molecular flexibility index (Phi) is 4.47. The maximum Gasteiger partial charge on any atom is 0.427 e. The highest BCUT2D eigenvalue weighted by molar-refractivity contribution is 5.93. The number of nitrogen functional groups attached to an aromatic ring is 1. The molecule has 0 spiro atoms. The molecule has 0 saturated carbocycles. The van der Waals surface area contributed by atoms with Crippen LogP contribution in [-0.2, 0) is 4.74 Å². The molecule has 3 N–H and O–H groups in total. The second kappa shape index (κ2) is 5.68. The van der Waals surface area contributed by atoms with Gasteiger partial charge in [0.1, 0.15) is 0 Å². The van der Waals surface area contributed by atoms with E-state index in [4.69, 9.17) is 5.73 Å². The van der Waals surface area contributed by atoms with E-state index in [1.165, 1.54) is 13.1 Å². The van der Waals surface area contributed by atoms with Crippen molar-refractivity contribution in [2.45, 2.75) is 6.11 Å². The molecule has 0 radical (unpaired) electrons. The summed E-state index contributed by atoms with van der Waals surface area (Å²) in [5, 5.41) is 2.61. The number of nitrogens with one attached hydrogen (secondary N) is 1. The number of anilines is 2. The number of methoxy groups -OCH3 is 1. The SMILES string of the molecule is CNc1cc(C(=O)OC)cc(OC(F)(F)CF)c1N. The molecule has 0 bridgehead atoms. The van der Waals surface area contributed by atoms with E-state index in [0.29, 0.717) is 0 Å². The largest absolute Gasteiger partial charge is 0.465 e. The molecule has 8 heteroatoms. The van der Waals surface area contributed by atoms with Gasteiger partial charge in [-0.1, -0.05) is 0 Å². The van der Waals surface area contributed by atoms with Crippen LogP contribution in [0.15, 0.2) is 12.1 Å². The fraction of sp³-hybridized carbons (Fsp3) is 0.364. The third-order valence-corrected chi connectivity index (χ3v) is 2.25. The average molecular weight is 278 g/mol. The van der Waals surface area contributed by atoms with Crippen molar-refractivity contribution in [1.82, 2.24) is 0 Å². The molecule has 1 aromatic carbocycles. The third kappa shape index (κ3) is 3.43. The number of hydrogen-bond acceptors (Lipinski definition) is 5. The lowest BCUT2D eigenvalue weighted by molar-refractivity contribution is -0.186. The standard InChI is InChI=1S/C11H13F3N2O3/c1-16-7-3-6(10(17)18-2)4-8(9(7)15)19-11(13,14)5-12/h3-4,16H,5,15H2,1-2H3. The number of benzene rings is 1. The van der Waals surface area contributed by atoms with E-state index in [1.807, 2.05) is 0 Å². The highest BCUT2D eigenvalue weighted by Gasteiger charge is 2.33. The van der Waals surface area contributed by atoms with Crippen molar-refractivity contribution in [1.29, 1.82) is 0 Å². The summed E-state index contributed by atoms with van der Waals surface area (Å²) >= 11 is 0. The molecule has 19 heavy (non-hydrogen) atoms. The first-order chi connectivity index (χ1) is 8.84. The van der Waals surface area contributed by atoms with Gasteiger partial charge in [-0.2, -0.15) is 8.78 Å². The number of nitrogens with two attached hydrogens (primary N) is 1. The summed E-state index contributed by atoms with van der Waals surface area (Å²) in [4.78, 5) is 11.4. The van der Waals surface area contributed by atoms with Crippen LogP contribution in [-0.4, -0.2) is 32.9 Å². The summed E-state index contributed by atoms with van der Waals surface area (Å²) in [5.41, 5.74) is 5.54. The normalized spacial score (nSPS) is 11.0. The van der Waals surface area contributed by atoms with Gasteiger partial charge in [0.25, 0.3) is 0 Å². The first-order valence-electron chi connectivity index (χ1n) is 5.17. The summed E-state index contributed by atoms with van der Waals surface area (Å²) in [6.07, 6.45) is -4.02. The molecule has 0 aliphatic rings. The van der Waals surface area contributed by atoms with Gasteiger partial charge in [0.15, 0.2) is 12.4 Å². The lowest BCUT2D eigenvalue weighted by atomic mass is 10.1. The summed E-state index contributed by atoms with van der Waals surface area (Å²) in [6.45, 7) is -2.01. The van der Waals surface area contributed by atoms with Gasteiger partial charge in [-0.25, -0.2) is 9.18 Å². The Morgan fingerprint density at radius 3 is 2.58 bits per heavy atom. The minimum atomic E-state index is -4.02. The zero-order valence-corrected chi connectivity index (χ0v) is 10.3. The van der Waals surface area contributed by atoms with Gasteiger partial charge in [-0.15, -0.1) is 0 Å². The summed E-state index contributed by atoms with van der Waals surface area (Å²) < 4.78 is 46.5. The highest BCUT2D eigenvalue weighted by Crippen LogP contribution is 2.35. The van der Waals surface area contributed by atoms with Gasteiger partial charge in [-0.05, 0) is 12.1 Å². The number of halogens is 3. The maximum absolute atomic E-state index is 12.9. The number of carbonyl (C=O) groups excluding carboxylic acids is 1. The molecule has 0 atom stereocenters. The zero-order valence-electron chi connectivity index (χ0n) is 10.3. The van der Waals surface area contributed by atoms with Crippen molar-refractivity contribution in [3.8, 4) is 5.75 Å². The van der Waals surface area contributed by atoms with Gasteiger partial charge < -0.3 is 20.5 Å². The molecule has 0 amide bonds. The Balaban J connectivity index is 3.25. The molecule has 1 rings (SSSR count). The molecule has 5 nitrogen and oxygen atoms in total. The summed E-state index contributed by atoms with van der Waals surface area (Å²) in [7, 11) is 2.61. The molecule has 1 aromatic rings. The second-order valence-corrected chi connectivity index (χ2v) is 3.55. The van der Waals surface area contributed by atoms with E-state index in [1.54, 1.807) is 0 Å². The summed E-state index contributed by atoms with van der Waals surface area (Å²) in [6, 6.07) is 2.27. The molecule has 0 saturated heterocycles. The zero-order chi connectivity index (χ0) is 14.6. The van der Waals surface area contributed by atoms with E-state index in [0.717, 1.165) is 13.2 Å². The van der Waals surface area contributed by atoms with Crippen molar-refractivity contribution in [3.05, 3.63) is 17.7 Å². The fourth-order valence-electron chi connectivity index (χ4n) is 1.34.